The van der Waals surface area contributed by atoms with E-state index in [1.807, 2.05) is 13.2 Å². The fraction of sp³-hybridized carbons (Fsp3) is 0.600. The summed E-state index contributed by atoms with van der Waals surface area (Å²) in [6.45, 7) is 2.59. The molecule has 5 nitrogen and oxygen atoms in total. The van der Waals surface area contributed by atoms with Crippen molar-refractivity contribution in [2.45, 2.75) is 18.6 Å². The van der Waals surface area contributed by atoms with Crippen molar-refractivity contribution in [3.05, 3.63) is 17.9 Å². The SMILES string of the molecule is CSCC(C)CNS(=O)(=O)c1ccc(CN)o1. The normalized spacial score (nSPS) is 13.8. The van der Waals surface area contributed by atoms with Crippen LogP contribution in [0.15, 0.2) is 21.6 Å². The van der Waals surface area contributed by atoms with Crippen LogP contribution >= 0.6 is 11.8 Å². The summed E-state index contributed by atoms with van der Waals surface area (Å²) in [5, 5.41) is -0.0747. The molecule has 1 heterocycles. The van der Waals surface area contributed by atoms with E-state index < -0.39 is 10.0 Å². The molecule has 0 bridgehead atoms. The Morgan fingerprint density at radius 2 is 2.24 bits per heavy atom. The molecular formula is C10H18N2O3S2. The van der Waals surface area contributed by atoms with Crippen LogP contribution < -0.4 is 10.5 Å². The predicted molar refractivity (Wildman–Crippen MR) is 69.3 cm³/mol. The second kappa shape index (κ2) is 6.44. The van der Waals surface area contributed by atoms with Gasteiger partial charge >= 0.3 is 0 Å². The van der Waals surface area contributed by atoms with Gasteiger partial charge in [0.05, 0.1) is 6.54 Å². The van der Waals surface area contributed by atoms with Gasteiger partial charge in [-0.1, -0.05) is 6.92 Å². The molecule has 0 saturated carbocycles. The maximum atomic E-state index is 11.8. The average molecular weight is 278 g/mol. The quantitative estimate of drug-likeness (QED) is 0.777. The third kappa shape index (κ3) is 4.34. The van der Waals surface area contributed by atoms with Gasteiger partial charge < -0.3 is 10.2 Å². The molecule has 0 aliphatic carbocycles. The number of nitrogens with one attached hydrogen (secondary N) is 1. The molecule has 1 unspecified atom stereocenters. The second-order valence-corrected chi connectivity index (χ2v) is 6.45. The lowest BCUT2D eigenvalue weighted by Gasteiger charge is -2.10. The first-order chi connectivity index (χ1) is 7.99. The Labute approximate surface area is 106 Å². The first-order valence-corrected chi connectivity index (χ1v) is 8.14. The summed E-state index contributed by atoms with van der Waals surface area (Å²) in [6, 6.07) is 2.99. The first-order valence-electron chi connectivity index (χ1n) is 5.27. The van der Waals surface area contributed by atoms with Crippen LogP contribution in [0.3, 0.4) is 0 Å². The average Bonchev–Trinajstić information content (AvgIpc) is 2.76. The first kappa shape index (κ1) is 14.6. The van der Waals surface area contributed by atoms with Gasteiger partial charge in [0, 0.05) is 6.54 Å². The van der Waals surface area contributed by atoms with Gasteiger partial charge in [-0.25, -0.2) is 13.1 Å². The molecule has 3 N–H and O–H groups in total. The van der Waals surface area contributed by atoms with Crippen LogP contribution in [0.2, 0.25) is 0 Å². The van der Waals surface area contributed by atoms with Gasteiger partial charge in [0.15, 0.2) is 0 Å². The lowest BCUT2D eigenvalue weighted by Crippen LogP contribution is -2.29. The van der Waals surface area contributed by atoms with E-state index in [0.717, 1.165) is 5.75 Å². The number of sulfonamides is 1. The Balaban J connectivity index is 2.62. The number of hydrogen-bond acceptors (Lipinski definition) is 5. The standard InChI is InChI=1S/C10H18N2O3S2/c1-8(7-16-2)6-12-17(13,14)10-4-3-9(5-11)15-10/h3-4,8,12H,5-7,11H2,1-2H3. The van der Waals surface area contributed by atoms with Gasteiger partial charge in [0.1, 0.15) is 5.76 Å². The van der Waals surface area contributed by atoms with Crippen molar-refractivity contribution in [3.63, 3.8) is 0 Å². The zero-order valence-corrected chi connectivity index (χ0v) is 11.6. The third-order valence-corrected chi connectivity index (χ3v) is 4.37. The highest BCUT2D eigenvalue weighted by Crippen LogP contribution is 2.13. The van der Waals surface area contributed by atoms with Crippen LogP contribution in [-0.2, 0) is 16.6 Å². The minimum absolute atomic E-state index is 0.0747. The van der Waals surface area contributed by atoms with Crippen LogP contribution in [0.4, 0.5) is 0 Å². The molecule has 0 spiro atoms. The fourth-order valence-corrected chi connectivity index (χ4v) is 3.08. The maximum absolute atomic E-state index is 11.8. The van der Waals surface area contributed by atoms with Crippen molar-refractivity contribution in [2.75, 3.05) is 18.6 Å². The molecule has 98 valence electrons. The zero-order chi connectivity index (χ0) is 12.9. The van der Waals surface area contributed by atoms with Crippen LogP contribution in [0.5, 0.6) is 0 Å². The summed E-state index contributed by atoms with van der Waals surface area (Å²) < 4.78 is 31.3. The van der Waals surface area contributed by atoms with Crippen molar-refractivity contribution in [3.8, 4) is 0 Å². The topological polar surface area (TPSA) is 85.3 Å². The summed E-state index contributed by atoms with van der Waals surface area (Å²) in [5.41, 5.74) is 5.36. The Hall–Kier alpha value is -0.500. The van der Waals surface area contributed by atoms with Gasteiger partial charge in [0.25, 0.3) is 10.0 Å². The molecule has 1 rings (SSSR count). The molecule has 1 aromatic rings. The highest BCUT2D eigenvalue weighted by molar-refractivity contribution is 7.98. The van der Waals surface area contributed by atoms with Crippen LogP contribution in [0.1, 0.15) is 12.7 Å². The summed E-state index contributed by atoms with van der Waals surface area (Å²) in [7, 11) is -3.54. The Bertz CT molecular complexity index is 442. The molecule has 0 radical (unpaired) electrons. The Morgan fingerprint density at radius 3 is 2.76 bits per heavy atom. The van der Waals surface area contributed by atoms with Crippen molar-refractivity contribution >= 4 is 21.8 Å². The molecule has 0 fully saturated rings. The van der Waals surface area contributed by atoms with Gasteiger partial charge in [-0.3, -0.25) is 0 Å². The molecule has 1 atom stereocenters. The smallest absolute Gasteiger partial charge is 0.273 e. The van der Waals surface area contributed by atoms with E-state index in [9.17, 15) is 8.42 Å². The summed E-state index contributed by atoms with van der Waals surface area (Å²) in [6.07, 6.45) is 1.99. The molecule has 0 aliphatic rings. The van der Waals surface area contributed by atoms with Crippen molar-refractivity contribution in [2.24, 2.45) is 11.7 Å². The number of hydrogen-bond donors (Lipinski definition) is 2. The number of furan rings is 1. The van der Waals surface area contributed by atoms with E-state index >= 15 is 0 Å². The summed E-state index contributed by atoms with van der Waals surface area (Å²) >= 11 is 1.69. The van der Waals surface area contributed by atoms with Crippen molar-refractivity contribution in [1.82, 2.24) is 4.72 Å². The van der Waals surface area contributed by atoms with Crippen LogP contribution in [-0.4, -0.2) is 27.0 Å². The summed E-state index contributed by atoms with van der Waals surface area (Å²) in [5.74, 6) is 1.65. The Kier molecular flexibility index (Phi) is 5.51. The largest absolute Gasteiger partial charge is 0.447 e. The monoisotopic (exact) mass is 278 g/mol. The molecule has 0 aliphatic heterocycles. The number of thioether (sulfide) groups is 1. The third-order valence-electron chi connectivity index (χ3n) is 2.18. The number of nitrogens with two attached hydrogens (primary N) is 1. The van der Waals surface area contributed by atoms with Gasteiger partial charge in [0.2, 0.25) is 5.09 Å². The van der Waals surface area contributed by atoms with E-state index in [-0.39, 0.29) is 17.6 Å². The van der Waals surface area contributed by atoms with Gasteiger partial charge in [-0.15, -0.1) is 0 Å². The zero-order valence-electron chi connectivity index (χ0n) is 9.97. The maximum Gasteiger partial charge on any atom is 0.273 e. The molecule has 17 heavy (non-hydrogen) atoms. The van der Waals surface area contributed by atoms with E-state index in [2.05, 4.69) is 4.72 Å². The van der Waals surface area contributed by atoms with Crippen LogP contribution in [0.25, 0.3) is 0 Å². The van der Waals surface area contributed by atoms with E-state index in [4.69, 9.17) is 10.2 Å². The minimum atomic E-state index is -3.54. The molecule has 7 heteroatoms. The lowest BCUT2D eigenvalue weighted by molar-refractivity contribution is 0.411. The Morgan fingerprint density at radius 1 is 1.53 bits per heavy atom. The molecule has 1 aromatic heterocycles. The molecule has 0 amide bonds. The second-order valence-electron chi connectivity index (χ2n) is 3.84. The van der Waals surface area contributed by atoms with E-state index in [1.54, 1.807) is 17.8 Å². The lowest BCUT2D eigenvalue weighted by atomic mass is 10.2. The van der Waals surface area contributed by atoms with E-state index in [1.165, 1.54) is 6.07 Å². The summed E-state index contributed by atoms with van der Waals surface area (Å²) in [4.78, 5) is 0. The predicted octanol–water partition coefficient (Wildman–Crippen LogP) is 1.02. The number of rotatable bonds is 7. The van der Waals surface area contributed by atoms with Crippen molar-refractivity contribution < 1.29 is 12.8 Å². The van der Waals surface area contributed by atoms with Gasteiger partial charge in [-0.05, 0) is 30.1 Å². The highest BCUT2D eigenvalue weighted by atomic mass is 32.2. The molecule has 0 saturated heterocycles. The highest BCUT2D eigenvalue weighted by Gasteiger charge is 2.18. The van der Waals surface area contributed by atoms with E-state index in [0.29, 0.717) is 12.3 Å². The molecule has 0 aromatic carbocycles. The van der Waals surface area contributed by atoms with Gasteiger partial charge in [-0.2, -0.15) is 11.8 Å². The van der Waals surface area contributed by atoms with Crippen LogP contribution in [0, 0.1) is 5.92 Å². The minimum Gasteiger partial charge on any atom is -0.447 e. The van der Waals surface area contributed by atoms with Crippen molar-refractivity contribution in [1.29, 1.82) is 0 Å². The molecular weight excluding hydrogens is 260 g/mol. The fourth-order valence-electron chi connectivity index (χ4n) is 1.28.